The van der Waals surface area contributed by atoms with Gasteiger partial charge in [0.15, 0.2) is 5.78 Å². The van der Waals surface area contributed by atoms with Crippen LogP contribution in [0.25, 0.3) is 0 Å². The number of carbonyl (C=O) groups is 1. The molecule has 4 heteroatoms. The van der Waals surface area contributed by atoms with Crippen LogP contribution in [0.5, 0.6) is 5.75 Å². The minimum Gasteiger partial charge on any atom is -0.484 e. The standard InChI is InChI=1S/C13H14ClNO2/c1-13(2,3)12(16)8-17-11-6-4-5-10(14)9(11)7-15/h4-6H,8H2,1-3H3. The maximum absolute atomic E-state index is 11.7. The van der Waals surface area contributed by atoms with E-state index < -0.39 is 5.41 Å². The number of nitriles is 1. The Labute approximate surface area is 106 Å². The average Bonchev–Trinajstić information content (AvgIpc) is 2.24. The molecule has 90 valence electrons. The van der Waals surface area contributed by atoms with Crippen molar-refractivity contribution in [1.29, 1.82) is 5.26 Å². The number of hydrogen-bond acceptors (Lipinski definition) is 3. The number of rotatable bonds is 3. The Bertz CT molecular complexity index is 469. The van der Waals surface area contributed by atoms with Gasteiger partial charge in [-0.05, 0) is 12.1 Å². The van der Waals surface area contributed by atoms with E-state index in [1.54, 1.807) is 18.2 Å². The second-order valence-corrected chi connectivity index (χ2v) is 5.09. The molecule has 0 aromatic heterocycles. The summed E-state index contributed by atoms with van der Waals surface area (Å²) in [5.74, 6) is 0.318. The SMILES string of the molecule is CC(C)(C)C(=O)COc1cccc(Cl)c1C#N. The van der Waals surface area contributed by atoms with Crippen LogP contribution in [0.2, 0.25) is 5.02 Å². The van der Waals surface area contributed by atoms with Gasteiger partial charge in [0, 0.05) is 5.41 Å². The van der Waals surface area contributed by atoms with Crippen molar-refractivity contribution in [2.24, 2.45) is 5.41 Å². The van der Waals surface area contributed by atoms with Gasteiger partial charge >= 0.3 is 0 Å². The van der Waals surface area contributed by atoms with E-state index in [2.05, 4.69) is 0 Å². The first-order valence-electron chi connectivity index (χ1n) is 5.21. The van der Waals surface area contributed by atoms with Crippen molar-refractivity contribution >= 4 is 17.4 Å². The van der Waals surface area contributed by atoms with Gasteiger partial charge in [-0.25, -0.2) is 0 Å². The smallest absolute Gasteiger partial charge is 0.175 e. The first-order valence-corrected chi connectivity index (χ1v) is 5.59. The van der Waals surface area contributed by atoms with Gasteiger partial charge in [0.2, 0.25) is 0 Å². The topological polar surface area (TPSA) is 50.1 Å². The third kappa shape index (κ3) is 3.47. The first kappa shape index (κ1) is 13.5. The third-order valence-electron chi connectivity index (χ3n) is 2.28. The molecule has 0 radical (unpaired) electrons. The predicted octanol–water partition coefficient (Wildman–Crippen LogP) is 3.21. The third-order valence-corrected chi connectivity index (χ3v) is 2.60. The summed E-state index contributed by atoms with van der Waals surface area (Å²) in [6.07, 6.45) is 0. The Kier molecular flexibility index (Phi) is 4.14. The van der Waals surface area contributed by atoms with Crippen LogP contribution in [0, 0.1) is 16.7 Å². The molecule has 1 rings (SSSR count). The van der Waals surface area contributed by atoms with Crippen molar-refractivity contribution in [3.8, 4) is 11.8 Å². The van der Waals surface area contributed by atoms with E-state index in [0.29, 0.717) is 10.8 Å². The molecule has 0 saturated carbocycles. The zero-order valence-electron chi connectivity index (χ0n) is 10.1. The van der Waals surface area contributed by atoms with E-state index in [-0.39, 0.29) is 18.0 Å². The summed E-state index contributed by atoms with van der Waals surface area (Å²) in [6, 6.07) is 6.87. The lowest BCUT2D eigenvalue weighted by Crippen LogP contribution is -2.26. The van der Waals surface area contributed by atoms with Crippen LogP contribution in [0.15, 0.2) is 18.2 Å². The first-order chi connectivity index (χ1) is 7.86. The predicted molar refractivity (Wildman–Crippen MR) is 66.1 cm³/mol. The molecule has 0 aliphatic rings. The van der Waals surface area contributed by atoms with Crippen LogP contribution >= 0.6 is 11.6 Å². The number of carbonyl (C=O) groups excluding carboxylic acids is 1. The van der Waals surface area contributed by atoms with Crippen molar-refractivity contribution in [2.45, 2.75) is 20.8 Å². The summed E-state index contributed by atoms with van der Waals surface area (Å²) >= 11 is 5.85. The van der Waals surface area contributed by atoms with Gasteiger partial charge in [-0.2, -0.15) is 5.26 Å². The fraction of sp³-hybridized carbons (Fsp3) is 0.385. The van der Waals surface area contributed by atoms with E-state index in [0.717, 1.165) is 0 Å². The maximum atomic E-state index is 11.7. The Morgan fingerprint density at radius 2 is 2.12 bits per heavy atom. The molecule has 0 amide bonds. The quantitative estimate of drug-likeness (QED) is 0.829. The van der Waals surface area contributed by atoms with Gasteiger partial charge < -0.3 is 4.74 Å². The fourth-order valence-electron chi connectivity index (χ4n) is 1.09. The average molecular weight is 252 g/mol. The molecule has 1 aromatic carbocycles. The summed E-state index contributed by atoms with van der Waals surface area (Å²) < 4.78 is 5.34. The van der Waals surface area contributed by atoms with Crippen LogP contribution in [0.3, 0.4) is 0 Å². The van der Waals surface area contributed by atoms with Crippen molar-refractivity contribution < 1.29 is 9.53 Å². The second-order valence-electron chi connectivity index (χ2n) is 4.69. The van der Waals surface area contributed by atoms with E-state index >= 15 is 0 Å². The number of ketones is 1. The highest BCUT2D eigenvalue weighted by Crippen LogP contribution is 2.26. The molecule has 0 atom stereocenters. The number of halogens is 1. The molecule has 3 nitrogen and oxygen atoms in total. The Hall–Kier alpha value is -1.53. The summed E-state index contributed by atoms with van der Waals surface area (Å²) in [6.45, 7) is 5.41. The second kappa shape index (κ2) is 5.20. The fourth-order valence-corrected chi connectivity index (χ4v) is 1.30. The maximum Gasteiger partial charge on any atom is 0.175 e. The van der Waals surface area contributed by atoms with Crippen LogP contribution in [0.1, 0.15) is 26.3 Å². The lowest BCUT2D eigenvalue weighted by Gasteiger charge is -2.17. The zero-order chi connectivity index (χ0) is 13.1. The Balaban J connectivity index is 2.81. The van der Waals surface area contributed by atoms with Gasteiger partial charge in [0.1, 0.15) is 24.0 Å². The summed E-state index contributed by atoms with van der Waals surface area (Å²) in [5.41, 5.74) is -0.193. The normalized spacial score (nSPS) is 10.8. The molecular weight excluding hydrogens is 238 g/mol. The van der Waals surface area contributed by atoms with Gasteiger partial charge in [-0.3, -0.25) is 4.79 Å². The molecule has 1 aromatic rings. The Morgan fingerprint density at radius 3 is 2.65 bits per heavy atom. The summed E-state index contributed by atoms with van der Waals surface area (Å²) in [5, 5.41) is 9.25. The Morgan fingerprint density at radius 1 is 1.47 bits per heavy atom. The number of benzene rings is 1. The zero-order valence-corrected chi connectivity index (χ0v) is 10.8. The summed E-state index contributed by atoms with van der Waals surface area (Å²) in [7, 11) is 0. The minimum absolute atomic E-state index is 0.0265. The number of hydrogen-bond donors (Lipinski definition) is 0. The molecule has 0 heterocycles. The summed E-state index contributed by atoms with van der Waals surface area (Å²) in [4.78, 5) is 11.7. The van der Waals surface area contributed by atoms with Gasteiger partial charge in [0.05, 0.1) is 5.02 Å². The van der Waals surface area contributed by atoms with Crippen molar-refractivity contribution in [2.75, 3.05) is 6.61 Å². The molecule has 0 N–H and O–H groups in total. The highest BCUT2D eigenvalue weighted by atomic mass is 35.5. The van der Waals surface area contributed by atoms with E-state index in [1.807, 2.05) is 26.8 Å². The lowest BCUT2D eigenvalue weighted by atomic mass is 9.91. The van der Waals surface area contributed by atoms with Crippen LogP contribution in [-0.2, 0) is 4.79 Å². The molecule has 0 unspecified atom stereocenters. The molecule has 0 aliphatic carbocycles. The molecular formula is C13H14ClNO2. The molecule has 0 fully saturated rings. The molecule has 0 saturated heterocycles. The minimum atomic E-state index is -0.453. The lowest BCUT2D eigenvalue weighted by molar-refractivity contribution is -0.128. The van der Waals surface area contributed by atoms with E-state index in [9.17, 15) is 4.79 Å². The van der Waals surface area contributed by atoms with Crippen molar-refractivity contribution in [3.05, 3.63) is 28.8 Å². The molecule has 17 heavy (non-hydrogen) atoms. The molecule has 0 bridgehead atoms. The number of Topliss-reactive ketones (excluding diaryl/α,β-unsaturated/α-hetero) is 1. The highest BCUT2D eigenvalue weighted by Gasteiger charge is 2.22. The number of nitrogens with zero attached hydrogens (tertiary/aromatic N) is 1. The molecule has 0 spiro atoms. The van der Waals surface area contributed by atoms with E-state index in [1.165, 1.54) is 0 Å². The monoisotopic (exact) mass is 251 g/mol. The number of ether oxygens (including phenoxy) is 1. The highest BCUT2D eigenvalue weighted by molar-refractivity contribution is 6.31. The van der Waals surface area contributed by atoms with Crippen LogP contribution < -0.4 is 4.74 Å². The van der Waals surface area contributed by atoms with Gasteiger partial charge in [-0.1, -0.05) is 38.4 Å². The largest absolute Gasteiger partial charge is 0.484 e. The van der Waals surface area contributed by atoms with Crippen LogP contribution in [-0.4, -0.2) is 12.4 Å². The van der Waals surface area contributed by atoms with E-state index in [4.69, 9.17) is 21.6 Å². The molecule has 0 aliphatic heterocycles. The van der Waals surface area contributed by atoms with Crippen LogP contribution in [0.4, 0.5) is 0 Å². The van der Waals surface area contributed by atoms with Crippen molar-refractivity contribution in [1.82, 2.24) is 0 Å². The van der Waals surface area contributed by atoms with Gasteiger partial charge in [0.25, 0.3) is 0 Å². The van der Waals surface area contributed by atoms with Gasteiger partial charge in [-0.15, -0.1) is 0 Å². The van der Waals surface area contributed by atoms with Crippen molar-refractivity contribution in [3.63, 3.8) is 0 Å².